The molecule has 1 amide bonds. The molecule has 0 aromatic heterocycles. The summed E-state index contributed by atoms with van der Waals surface area (Å²) >= 11 is 0. The maximum absolute atomic E-state index is 12.7. The van der Waals surface area contributed by atoms with Crippen LogP contribution in [0.4, 0.5) is 5.69 Å². The summed E-state index contributed by atoms with van der Waals surface area (Å²) in [4.78, 5) is 23.4. The van der Waals surface area contributed by atoms with Crippen molar-refractivity contribution in [1.29, 1.82) is 0 Å². The van der Waals surface area contributed by atoms with E-state index in [4.69, 9.17) is 4.74 Å². The highest BCUT2D eigenvalue weighted by atomic mass is 16.6. The summed E-state index contributed by atoms with van der Waals surface area (Å²) < 4.78 is 6.02. The molecule has 3 rings (SSSR count). The molecule has 2 aromatic rings. The van der Waals surface area contributed by atoms with Gasteiger partial charge in [-0.2, -0.15) is 0 Å². The first kappa shape index (κ1) is 17.9. The maximum atomic E-state index is 12.7. The van der Waals surface area contributed by atoms with Gasteiger partial charge in [0.25, 0.3) is 11.6 Å². The number of rotatable bonds is 3. The van der Waals surface area contributed by atoms with Crippen molar-refractivity contribution >= 4 is 11.6 Å². The van der Waals surface area contributed by atoms with Crippen LogP contribution >= 0.6 is 0 Å². The zero-order valence-electron chi connectivity index (χ0n) is 15.3. The number of hydrogen-bond acceptors (Lipinski definition) is 4. The van der Waals surface area contributed by atoms with E-state index in [2.05, 4.69) is 5.32 Å². The second kappa shape index (κ2) is 6.44. The number of ether oxygens (including phenoxy) is 1. The van der Waals surface area contributed by atoms with E-state index in [9.17, 15) is 14.9 Å². The number of nitro groups is 1. The molecule has 0 fully saturated rings. The Balaban J connectivity index is 1.91. The monoisotopic (exact) mass is 354 g/mol. The average molecular weight is 354 g/mol. The van der Waals surface area contributed by atoms with E-state index in [1.165, 1.54) is 6.07 Å². The smallest absolute Gasteiger partial charge is 0.273 e. The predicted octanol–water partition coefficient (Wildman–Crippen LogP) is 4.24. The SMILES string of the molecule is Cc1ccc2c(c1)[C@H](NC(=O)c1ccc(C)c([N+](=O)[O-])c1)CC(C)(C)O2. The van der Waals surface area contributed by atoms with Crippen LogP contribution in [0.3, 0.4) is 0 Å². The van der Waals surface area contributed by atoms with Crippen LogP contribution in [0.2, 0.25) is 0 Å². The molecule has 0 radical (unpaired) electrons. The average Bonchev–Trinajstić information content (AvgIpc) is 2.55. The van der Waals surface area contributed by atoms with E-state index in [-0.39, 0.29) is 23.2 Å². The number of nitrogens with zero attached hydrogens (tertiary/aromatic N) is 1. The number of carbonyl (C=O) groups excluding carboxylic acids is 1. The molecule has 26 heavy (non-hydrogen) atoms. The summed E-state index contributed by atoms with van der Waals surface area (Å²) in [5.41, 5.74) is 2.35. The molecular weight excluding hydrogens is 332 g/mol. The Labute approximate surface area is 152 Å². The van der Waals surface area contributed by atoms with Crippen molar-refractivity contribution in [1.82, 2.24) is 5.32 Å². The number of nitrogens with one attached hydrogen (secondary N) is 1. The van der Waals surface area contributed by atoms with Gasteiger partial charge in [-0.1, -0.05) is 23.8 Å². The second-order valence-electron chi connectivity index (χ2n) is 7.39. The van der Waals surface area contributed by atoms with Crippen molar-refractivity contribution in [3.63, 3.8) is 0 Å². The van der Waals surface area contributed by atoms with Gasteiger partial charge in [0, 0.05) is 29.2 Å². The summed E-state index contributed by atoms with van der Waals surface area (Å²) in [6.07, 6.45) is 0.614. The normalized spacial score (nSPS) is 17.8. The lowest BCUT2D eigenvalue weighted by molar-refractivity contribution is -0.385. The van der Waals surface area contributed by atoms with Gasteiger partial charge in [-0.15, -0.1) is 0 Å². The molecule has 0 aliphatic carbocycles. The van der Waals surface area contributed by atoms with Gasteiger partial charge in [-0.3, -0.25) is 14.9 Å². The zero-order valence-corrected chi connectivity index (χ0v) is 15.3. The van der Waals surface area contributed by atoms with Gasteiger partial charge < -0.3 is 10.1 Å². The number of fused-ring (bicyclic) bond motifs is 1. The van der Waals surface area contributed by atoms with Crippen LogP contribution in [0.25, 0.3) is 0 Å². The van der Waals surface area contributed by atoms with Gasteiger partial charge in [0.1, 0.15) is 11.4 Å². The van der Waals surface area contributed by atoms with Crippen LogP contribution in [-0.4, -0.2) is 16.4 Å². The third-order valence-electron chi connectivity index (χ3n) is 4.60. The van der Waals surface area contributed by atoms with Gasteiger partial charge in [-0.25, -0.2) is 0 Å². The fraction of sp³-hybridized carbons (Fsp3) is 0.350. The lowest BCUT2D eigenvalue weighted by Crippen LogP contribution is -2.41. The van der Waals surface area contributed by atoms with Crippen LogP contribution < -0.4 is 10.1 Å². The summed E-state index contributed by atoms with van der Waals surface area (Å²) in [5, 5.41) is 14.1. The third kappa shape index (κ3) is 3.54. The van der Waals surface area contributed by atoms with Gasteiger partial charge in [0.05, 0.1) is 11.0 Å². The van der Waals surface area contributed by atoms with Gasteiger partial charge in [0.2, 0.25) is 0 Å². The molecule has 1 aliphatic heterocycles. The number of aryl methyl sites for hydroxylation is 2. The summed E-state index contributed by atoms with van der Waals surface area (Å²) in [6.45, 7) is 7.60. The number of nitro benzene ring substituents is 1. The summed E-state index contributed by atoms with van der Waals surface area (Å²) in [6, 6.07) is 10.2. The van der Waals surface area contributed by atoms with Crippen molar-refractivity contribution in [2.75, 3.05) is 0 Å². The van der Waals surface area contributed by atoms with E-state index in [1.807, 2.05) is 39.0 Å². The van der Waals surface area contributed by atoms with Crippen LogP contribution in [0.5, 0.6) is 5.75 Å². The predicted molar refractivity (Wildman–Crippen MR) is 98.5 cm³/mol. The van der Waals surface area contributed by atoms with Crippen molar-refractivity contribution in [3.8, 4) is 5.75 Å². The number of hydrogen-bond donors (Lipinski definition) is 1. The zero-order chi connectivity index (χ0) is 19.1. The molecule has 0 unspecified atom stereocenters. The quantitative estimate of drug-likeness (QED) is 0.660. The number of carbonyl (C=O) groups is 1. The number of benzene rings is 2. The molecule has 1 N–H and O–H groups in total. The second-order valence-corrected chi connectivity index (χ2v) is 7.39. The van der Waals surface area contributed by atoms with Gasteiger partial charge in [-0.05, 0) is 39.8 Å². The topological polar surface area (TPSA) is 81.5 Å². The van der Waals surface area contributed by atoms with Gasteiger partial charge >= 0.3 is 0 Å². The Morgan fingerprint density at radius 1 is 1.23 bits per heavy atom. The van der Waals surface area contributed by atoms with Crippen molar-refractivity contribution in [2.45, 2.75) is 45.8 Å². The Hall–Kier alpha value is -2.89. The molecule has 6 nitrogen and oxygen atoms in total. The Bertz CT molecular complexity index is 889. The highest BCUT2D eigenvalue weighted by Gasteiger charge is 2.34. The number of amides is 1. The Morgan fingerprint density at radius 3 is 2.65 bits per heavy atom. The molecule has 0 saturated carbocycles. The summed E-state index contributed by atoms with van der Waals surface area (Å²) in [7, 11) is 0. The van der Waals surface area contributed by atoms with E-state index >= 15 is 0 Å². The molecule has 1 atom stereocenters. The fourth-order valence-electron chi connectivity index (χ4n) is 3.29. The molecule has 6 heteroatoms. The van der Waals surface area contributed by atoms with Crippen LogP contribution in [0, 0.1) is 24.0 Å². The lowest BCUT2D eigenvalue weighted by atomic mass is 9.88. The molecule has 136 valence electrons. The van der Waals surface area contributed by atoms with Crippen molar-refractivity contribution in [2.24, 2.45) is 0 Å². The molecule has 0 spiro atoms. The van der Waals surface area contributed by atoms with Crippen LogP contribution in [-0.2, 0) is 0 Å². The molecule has 0 saturated heterocycles. The lowest BCUT2D eigenvalue weighted by Gasteiger charge is -2.38. The first-order valence-electron chi connectivity index (χ1n) is 8.52. The van der Waals surface area contributed by atoms with Crippen molar-refractivity contribution < 1.29 is 14.5 Å². The minimum atomic E-state index is -0.470. The first-order chi connectivity index (χ1) is 12.2. The van der Waals surface area contributed by atoms with E-state index in [0.717, 1.165) is 16.9 Å². The highest BCUT2D eigenvalue weighted by Crippen LogP contribution is 2.40. The Kier molecular flexibility index (Phi) is 4.44. The molecule has 0 bridgehead atoms. The highest BCUT2D eigenvalue weighted by molar-refractivity contribution is 5.95. The molecule has 1 aliphatic rings. The fourth-order valence-corrected chi connectivity index (χ4v) is 3.29. The minimum absolute atomic E-state index is 0.0544. The van der Waals surface area contributed by atoms with E-state index < -0.39 is 10.5 Å². The van der Waals surface area contributed by atoms with Gasteiger partial charge in [0.15, 0.2) is 0 Å². The largest absolute Gasteiger partial charge is 0.487 e. The first-order valence-corrected chi connectivity index (χ1v) is 8.52. The van der Waals surface area contributed by atoms with E-state index in [1.54, 1.807) is 19.1 Å². The molecular formula is C20H22N2O4. The van der Waals surface area contributed by atoms with Crippen LogP contribution in [0.15, 0.2) is 36.4 Å². The summed E-state index contributed by atoms with van der Waals surface area (Å²) in [5.74, 6) is 0.426. The molecule has 2 aromatic carbocycles. The third-order valence-corrected chi connectivity index (χ3v) is 4.60. The van der Waals surface area contributed by atoms with Crippen molar-refractivity contribution in [3.05, 3.63) is 68.8 Å². The standard InChI is InChI=1S/C20H22N2O4/c1-12-5-8-18-15(9-12)16(11-20(3,4)26-18)21-19(23)14-7-6-13(2)17(10-14)22(24)25/h5-10,16H,11H2,1-4H3,(H,21,23)/t16-/m1/s1. The van der Waals surface area contributed by atoms with Crippen LogP contribution in [0.1, 0.15) is 53.4 Å². The minimum Gasteiger partial charge on any atom is -0.487 e. The van der Waals surface area contributed by atoms with E-state index in [0.29, 0.717) is 12.0 Å². The molecule has 1 heterocycles. The Morgan fingerprint density at radius 2 is 1.96 bits per heavy atom. The maximum Gasteiger partial charge on any atom is 0.273 e.